The van der Waals surface area contributed by atoms with Gasteiger partial charge in [0.15, 0.2) is 0 Å². The highest BCUT2D eigenvalue weighted by molar-refractivity contribution is 5.24. The Balaban J connectivity index is 2.25. The maximum Gasteiger partial charge on any atom is 0.248 e. The third-order valence-corrected chi connectivity index (χ3v) is 3.26. The van der Waals surface area contributed by atoms with E-state index in [4.69, 9.17) is 0 Å². The number of alkyl halides is 2. The van der Waals surface area contributed by atoms with Gasteiger partial charge in [-0.05, 0) is 31.4 Å². The molecule has 0 spiro atoms. The van der Waals surface area contributed by atoms with Crippen molar-refractivity contribution in [2.45, 2.75) is 44.1 Å². The molecule has 1 N–H and O–H groups in total. The van der Waals surface area contributed by atoms with Gasteiger partial charge in [0.25, 0.3) is 0 Å². The molecule has 1 heterocycles. The van der Waals surface area contributed by atoms with Crippen molar-refractivity contribution in [1.82, 2.24) is 4.98 Å². The molecule has 0 aliphatic heterocycles. The molecule has 0 aromatic carbocycles. The van der Waals surface area contributed by atoms with E-state index in [9.17, 15) is 13.9 Å². The van der Waals surface area contributed by atoms with Crippen molar-refractivity contribution in [1.29, 1.82) is 0 Å². The Morgan fingerprint density at radius 3 is 2.44 bits per heavy atom. The van der Waals surface area contributed by atoms with Gasteiger partial charge in [0, 0.05) is 19.0 Å². The quantitative estimate of drug-likeness (QED) is 0.800. The van der Waals surface area contributed by atoms with Crippen molar-refractivity contribution in [3.8, 4) is 0 Å². The van der Waals surface area contributed by atoms with Crippen LogP contribution in [0.3, 0.4) is 0 Å². The van der Waals surface area contributed by atoms with E-state index in [1.54, 1.807) is 12.3 Å². The minimum atomic E-state index is -2.63. The Morgan fingerprint density at radius 1 is 1.25 bits per heavy atom. The van der Waals surface area contributed by atoms with Crippen molar-refractivity contribution < 1.29 is 13.9 Å². The summed E-state index contributed by atoms with van der Waals surface area (Å²) in [6.07, 6.45) is 1.22. The first-order valence-corrected chi connectivity index (χ1v) is 5.45. The number of hydrogen-bond acceptors (Lipinski definition) is 2. The Labute approximate surface area is 93.3 Å². The first kappa shape index (κ1) is 11.5. The second-order valence-electron chi connectivity index (χ2n) is 4.56. The predicted octanol–water partition coefficient (Wildman–Crippen LogP) is 2.79. The van der Waals surface area contributed by atoms with Gasteiger partial charge >= 0.3 is 0 Å². The second-order valence-corrected chi connectivity index (χ2v) is 4.56. The number of pyridine rings is 1. The van der Waals surface area contributed by atoms with Crippen LogP contribution in [0.15, 0.2) is 18.3 Å². The normalized spacial score (nSPS) is 23.0. The van der Waals surface area contributed by atoms with Gasteiger partial charge in [0.05, 0.1) is 5.69 Å². The number of aromatic nitrogens is 1. The monoisotopic (exact) mass is 227 g/mol. The molecule has 88 valence electrons. The molecule has 1 saturated carbocycles. The van der Waals surface area contributed by atoms with E-state index in [1.807, 2.05) is 13.0 Å². The molecule has 4 heteroatoms. The molecular weight excluding hydrogens is 212 g/mol. The van der Waals surface area contributed by atoms with Crippen molar-refractivity contribution >= 4 is 0 Å². The van der Waals surface area contributed by atoms with Crippen LogP contribution >= 0.6 is 0 Å². The van der Waals surface area contributed by atoms with Gasteiger partial charge in [0.1, 0.15) is 5.60 Å². The van der Waals surface area contributed by atoms with Gasteiger partial charge in [-0.1, -0.05) is 6.07 Å². The largest absolute Gasteiger partial charge is 0.384 e. The van der Waals surface area contributed by atoms with Gasteiger partial charge in [-0.2, -0.15) is 0 Å². The number of rotatable bonds is 1. The van der Waals surface area contributed by atoms with Crippen LogP contribution in [-0.2, 0) is 5.60 Å². The van der Waals surface area contributed by atoms with E-state index in [2.05, 4.69) is 4.98 Å². The van der Waals surface area contributed by atoms with E-state index in [0.717, 1.165) is 5.56 Å². The number of nitrogens with zero attached hydrogens (tertiary/aromatic N) is 1. The van der Waals surface area contributed by atoms with E-state index in [-0.39, 0.29) is 25.7 Å². The zero-order valence-corrected chi connectivity index (χ0v) is 9.21. The summed E-state index contributed by atoms with van der Waals surface area (Å²) >= 11 is 0. The lowest BCUT2D eigenvalue weighted by Gasteiger charge is -2.36. The van der Waals surface area contributed by atoms with Crippen molar-refractivity contribution in [2.24, 2.45) is 0 Å². The standard InChI is InChI=1S/C12H15F2NO/c1-9-3-2-8-15-10(9)11(16)4-6-12(13,14)7-5-11/h2-3,8,16H,4-7H2,1H3. The highest BCUT2D eigenvalue weighted by atomic mass is 19.3. The molecule has 0 amide bonds. The van der Waals surface area contributed by atoms with Crippen molar-refractivity contribution in [2.75, 3.05) is 0 Å². The lowest BCUT2D eigenvalue weighted by Crippen LogP contribution is -2.37. The summed E-state index contributed by atoms with van der Waals surface area (Å²) < 4.78 is 26.1. The van der Waals surface area contributed by atoms with Crippen LogP contribution in [0, 0.1) is 6.92 Å². The minimum absolute atomic E-state index is 0.0812. The molecule has 0 saturated heterocycles. The average molecular weight is 227 g/mol. The Bertz CT molecular complexity index is 382. The molecule has 1 aliphatic rings. The average Bonchev–Trinajstić information content (AvgIpc) is 2.24. The lowest BCUT2D eigenvalue weighted by molar-refractivity contribution is -0.108. The number of aliphatic hydroxyl groups is 1. The first-order valence-electron chi connectivity index (χ1n) is 5.45. The lowest BCUT2D eigenvalue weighted by atomic mass is 9.79. The molecule has 1 aromatic rings. The zero-order chi connectivity index (χ0) is 11.8. The van der Waals surface area contributed by atoms with Crippen LogP contribution in [0.1, 0.15) is 36.9 Å². The highest BCUT2D eigenvalue weighted by Crippen LogP contribution is 2.43. The number of halogens is 2. The molecule has 0 radical (unpaired) electrons. The molecule has 2 rings (SSSR count). The third-order valence-electron chi connectivity index (χ3n) is 3.26. The highest BCUT2D eigenvalue weighted by Gasteiger charge is 2.44. The van der Waals surface area contributed by atoms with E-state index >= 15 is 0 Å². The molecule has 16 heavy (non-hydrogen) atoms. The fourth-order valence-corrected chi connectivity index (χ4v) is 2.24. The van der Waals surface area contributed by atoms with Crippen LogP contribution < -0.4 is 0 Å². The van der Waals surface area contributed by atoms with Crippen molar-refractivity contribution in [3.05, 3.63) is 29.6 Å². The number of hydrogen-bond donors (Lipinski definition) is 1. The molecule has 2 nitrogen and oxygen atoms in total. The molecule has 0 bridgehead atoms. The van der Waals surface area contributed by atoms with Gasteiger partial charge in [-0.3, -0.25) is 4.98 Å². The molecule has 1 aliphatic carbocycles. The smallest absolute Gasteiger partial charge is 0.248 e. The summed E-state index contributed by atoms with van der Waals surface area (Å²) in [5.41, 5.74) is 0.230. The zero-order valence-electron chi connectivity index (χ0n) is 9.21. The Kier molecular flexibility index (Phi) is 2.70. The Hall–Kier alpha value is -1.03. The topological polar surface area (TPSA) is 33.1 Å². The summed E-state index contributed by atoms with van der Waals surface area (Å²) in [5.74, 6) is -2.63. The summed E-state index contributed by atoms with van der Waals surface area (Å²) in [6, 6.07) is 3.62. The van der Waals surface area contributed by atoms with Crippen LogP contribution in [-0.4, -0.2) is 16.0 Å². The fourth-order valence-electron chi connectivity index (χ4n) is 2.24. The van der Waals surface area contributed by atoms with E-state index < -0.39 is 11.5 Å². The predicted molar refractivity (Wildman–Crippen MR) is 56.3 cm³/mol. The molecule has 0 unspecified atom stereocenters. The van der Waals surface area contributed by atoms with E-state index in [0.29, 0.717) is 5.69 Å². The summed E-state index contributed by atoms with van der Waals surface area (Å²) in [7, 11) is 0. The van der Waals surface area contributed by atoms with Gasteiger partial charge in [-0.15, -0.1) is 0 Å². The van der Waals surface area contributed by atoms with E-state index in [1.165, 1.54) is 0 Å². The SMILES string of the molecule is Cc1cccnc1C1(O)CCC(F)(F)CC1. The van der Waals surface area contributed by atoms with Crippen LogP contribution in [0.2, 0.25) is 0 Å². The molecule has 0 atom stereocenters. The van der Waals surface area contributed by atoms with Crippen LogP contribution in [0.25, 0.3) is 0 Å². The molecule has 1 aromatic heterocycles. The van der Waals surface area contributed by atoms with Gasteiger partial charge < -0.3 is 5.11 Å². The minimum Gasteiger partial charge on any atom is -0.384 e. The van der Waals surface area contributed by atoms with Gasteiger partial charge in [-0.25, -0.2) is 8.78 Å². The van der Waals surface area contributed by atoms with Gasteiger partial charge in [0.2, 0.25) is 5.92 Å². The van der Waals surface area contributed by atoms with Crippen molar-refractivity contribution in [3.63, 3.8) is 0 Å². The fraction of sp³-hybridized carbons (Fsp3) is 0.583. The Morgan fingerprint density at radius 2 is 1.88 bits per heavy atom. The maximum absolute atomic E-state index is 13.0. The van der Waals surface area contributed by atoms with Crippen LogP contribution in [0.5, 0.6) is 0 Å². The maximum atomic E-state index is 13.0. The summed E-state index contributed by atoms with van der Waals surface area (Å²) in [6.45, 7) is 1.84. The number of aryl methyl sites for hydroxylation is 1. The summed E-state index contributed by atoms with van der Waals surface area (Å²) in [5, 5.41) is 10.4. The second kappa shape index (κ2) is 3.77. The van der Waals surface area contributed by atoms with Crippen LogP contribution in [0.4, 0.5) is 8.78 Å². The third kappa shape index (κ3) is 2.07. The molecular formula is C12H15F2NO. The molecule has 1 fully saturated rings. The first-order chi connectivity index (χ1) is 7.43. The summed E-state index contributed by atoms with van der Waals surface area (Å²) in [4.78, 5) is 4.13.